The van der Waals surface area contributed by atoms with E-state index in [-0.39, 0.29) is 6.61 Å². The van der Waals surface area contributed by atoms with Crippen molar-refractivity contribution in [2.24, 2.45) is 0 Å². The van der Waals surface area contributed by atoms with Gasteiger partial charge >= 0.3 is 0 Å². The van der Waals surface area contributed by atoms with E-state index >= 15 is 0 Å². The molecule has 0 heterocycles. The second-order valence-electron chi connectivity index (χ2n) is 6.50. The minimum Gasteiger partial charge on any atom is -0.392 e. The molecule has 27 heavy (non-hydrogen) atoms. The minimum absolute atomic E-state index is 0.0632. The molecule has 0 aliphatic heterocycles. The van der Waals surface area contributed by atoms with Crippen molar-refractivity contribution >= 4 is 28.5 Å². The van der Waals surface area contributed by atoms with Crippen LogP contribution in [0.15, 0.2) is 115 Å². The highest BCUT2D eigenvalue weighted by atomic mass is 31.2. The van der Waals surface area contributed by atoms with Crippen molar-refractivity contribution in [2.75, 3.05) is 0 Å². The number of aliphatic hydroxyl groups is 1. The molecule has 1 N–H and O–H groups in total. The van der Waals surface area contributed by atoms with Gasteiger partial charge in [0.2, 0.25) is 0 Å². The van der Waals surface area contributed by atoms with Gasteiger partial charge in [0.25, 0.3) is 0 Å². The SMILES string of the molecule is OCc1ccc([P+](c2ccccc2)(c2ccccc2)c2ccccc2)cc1. The summed E-state index contributed by atoms with van der Waals surface area (Å²) >= 11 is 0. The Bertz CT molecular complexity index is 884. The van der Waals surface area contributed by atoms with Crippen LogP contribution in [0.25, 0.3) is 0 Å². The fourth-order valence-electron chi connectivity index (χ4n) is 3.67. The van der Waals surface area contributed by atoms with Crippen LogP contribution in [0.5, 0.6) is 0 Å². The Morgan fingerprint density at radius 2 is 0.778 bits per heavy atom. The summed E-state index contributed by atoms with van der Waals surface area (Å²) < 4.78 is 0. The lowest BCUT2D eigenvalue weighted by molar-refractivity contribution is 0.282. The van der Waals surface area contributed by atoms with Gasteiger partial charge in [0, 0.05) is 0 Å². The summed E-state index contributed by atoms with van der Waals surface area (Å²) in [4.78, 5) is 0. The van der Waals surface area contributed by atoms with Gasteiger partial charge in [-0.1, -0.05) is 66.7 Å². The molecule has 0 aliphatic rings. The summed E-state index contributed by atoms with van der Waals surface area (Å²) in [6.07, 6.45) is 0. The fourth-order valence-corrected chi connectivity index (χ4v) is 7.92. The molecule has 0 saturated heterocycles. The van der Waals surface area contributed by atoms with E-state index in [9.17, 15) is 5.11 Å². The van der Waals surface area contributed by atoms with E-state index in [4.69, 9.17) is 0 Å². The molecule has 0 aliphatic carbocycles. The maximum atomic E-state index is 9.49. The summed E-state index contributed by atoms with van der Waals surface area (Å²) in [5.74, 6) is 0. The third kappa shape index (κ3) is 3.21. The van der Waals surface area contributed by atoms with Crippen LogP contribution >= 0.6 is 7.26 Å². The van der Waals surface area contributed by atoms with Gasteiger partial charge in [-0.05, 0) is 54.1 Å². The largest absolute Gasteiger partial charge is 0.392 e. The number of hydrogen-bond acceptors (Lipinski definition) is 1. The lowest BCUT2D eigenvalue weighted by Gasteiger charge is -2.27. The van der Waals surface area contributed by atoms with Gasteiger partial charge in [-0.25, -0.2) is 0 Å². The van der Waals surface area contributed by atoms with Crippen LogP contribution in [0.1, 0.15) is 5.56 Å². The zero-order valence-electron chi connectivity index (χ0n) is 15.1. The first kappa shape index (κ1) is 17.7. The first-order chi connectivity index (χ1) is 13.4. The van der Waals surface area contributed by atoms with Crippen molar-refractivity contribution in [3.63, 3.8) is 0 Å². The lowest BCUT2D eigenvalue weighted by Crippen LogP contribution is -2.38. The topological polar surface area (TPSA) is 20.2 Å². The van der Waals surface area contributed by atoms with Crippen molar-refractivity contribution in [3.05, 3.63) is 121 Å². The van der Waals surface area contributed by atoms with Gasteiger partial charge in [-0.3, -0.25) is 0 Å². The molecule has 1 nitrogen and oxygen atoms in total. The first-order valence-corrected chi connectivity index (χ1v) is 10.9. The standard InChI is InChI=1S/C25H22OP/c26-20-21-16-18-25(19-17-21)27(22-10-4-1-5-11-22,23-12-6-2-7-13-23)24-14-8-3-9-15-24/h1-19,26H,20H2/q+1. The van der Waals surface area contributed by atoms with Crippen LogP contribution in [-0.2, 0) is 6.61 Å². The molecular weight excluding hydrogens is 347 g/mol. The van der Waals surface area contributed by atoms with Crippen molar-refractivity contribution in [3.8, 4) is 0 Å². The second kappa shape index (κ2) is 7.88. The predicted octanol–water partition coefficient (Wildman–Crippen LogP) is 3.80. The zero-order valence-corrected chi connectivity index (χ0v) is 16.0. The molecule has 4 aromatic carbocycles. The Morgan fingerprint density at radius 1 is 0.444 bits per heavy atom. The van der Waals surface area contributed by atoms with Gasteiger partial charge in [0.15, 0.2) is 0 Å². The number of hydrogen-bond donors (Lipinski definition) is 1. The Kier molecular flexibility index (Phi) is 5.16. The van der Waals surface area contributed by atoms with Crippen molar-refractivity contribution in [1.29, 1.82) is 0 Å². The first-order valence-electron chi connectivity index (χ1n) is 9.12. The van der Waals surface area contributed by atoms with Gasteiger partial charge in [0.05, 0.1) is 6.61 Å². The molecule has 0 bridgehead atoms. The van der Waals surface area contributed by atoms with Gasteiger partial charge in [-0.2, -0.15) is 0 Å². The maximum absolute atomic E-state index is 9.49. The molecule has 0 radical (unpaired) electrons. The van der Waals surface area contributed by atoms with Crippen LogP contribution in [0.2, 0.25) is 0 Å². The molecule has 0 atom stereocenters. The van der Waals surface area contributed by atoms with Crippen molar-refractivity contribution in [1.82, 2.24) is 0 Å². The van der Waals surface area contributed by atoms with Crippen molar-refractivity contribution in [2.45, 2.75) is 6.61 Å². The number of aliphatic hydroxyl groups excluding tert-OH is 1. The minimum atomic E-state index is -2.02. The second-order valence-corrected chi connectivity index (χ2v) is 9.91. The van der Waals surface area contributed by atoms with E-state index in [1.807, 2.05) is 12.1 Å². The van der Waals surface area contributed by atoms with Crippen LogP contribution in [-0.4, -0.2) is 5.11 Å². The molecule has 0 saturated carbocycles. The van der Waals surface area contributed by atoms with E-state index in [0.29, 0.717) is 0 Å². The smallest absolute Gasteiger partial charge is 0.144 e. The normalized spacial score (nSPS) is 11.3. The Hall–Kier alpha value is -2.73. The highest BCUT2D eigenvalue weighted by Gasteiger charge is 2.47. The Morgan fingerprint density at radius 3 is 1.11 bits per heavy atom. The van der Waals surface area contributed by atoms with Gasteiger partial charge in [0.1, 0.15) is 28.5 Å². The maximum Gasteiger partial charge on any atom is 0.144 e. The molecule has 4 rings (SSSR count). The van der Waals surface area contributed by atoms with Crippen LogP contribution < -0.4 is 21.2 Å². The van der Waals surface area contributed by atoms with E-state index in [2.05, 4.69) is 103 Å². The summed E-state index contributed by atoms with van der Waals surface area (Å²) in [5, 5.41) is 14.8. The van der Waals surface area contributed by atoms with Gasteiger partial charge in [-0.15, -0.1) is 0 Å². The van der Waals surface area contributed by atoms with Crippen molar-refractivity contribution < 1.29 is 5.11 Å². The Balaban J connectivity index is 2.09. The molecule has 0 unspecified atom stereocenters. The Labute approximate surface area is 161 Å². The van der Waals surface area contributed by atoms with E-state index in [0.717, 1.165) is 5.56 Å². The molecule has 0 aromatic heterocycles. The quantitative estimate of drug-likeness (QED) is 0.531. The molecule has 0 amide bonds. The summed E-state index contributed by atoms with van der Waals surface area (Å²) in [7, 11) is -2.02. The molecular formula is C25H22OP+. The fraction of sp³-hybridized carbons (Fsp3) is 0.0400. The van der Waals surface area contributed by atoms with Crippen LogP contribution in [0.3, 0.4) is 0 Å². The average Bonchev–Trinajstić information content (AvgIpc) is 2.77. The van der Waals surface area contributed by atoms with E-state index in [1.54, 1.807) is 0 Å². The van der Waals surface area contributed by atoms with Crippen LogP contribution in [0, 0.1) is 0 Å². The lowest BCUT2D eigenvalue weighted by atomic mass is 10.2. The van der Waals surface area contributed by atoms with Crippen LogP contribution in [0.4, 0.5) is 0 Å². The average molecular weight is 369 g/mol. The monoisotopic (exact) mass is 369 g/mol. The summed E-state index contributed by atoms with van der Waals surface area (Å²) in [5.41, 5.74) is 0.936. The third-order valence-corrected chi connectivity index (χ3v) is 9.23. The summed E-state index contributed by atoms with van der Waals surface area (Å²) in [6, 6.07) is 40.9. The number of benzene rings is 4. The molecule has 4 aromatic rings. The predicted molar refractivity (Wildman–Crippen MR) is 117 cm³/mol. The number of rotatable bonds is 5. The molecule has 132 valence electrons. The van der Waals surface area contributed by atoms with E-state index < -0.39 is 7.26 Å². The van der Waals surface area contributed by atoms with Gasteiger partial charge < -0.3 is 5.11 Å². The summed E-state index contributed by atoms with van der Waals surface area (Å²) in [6.45, 7) is 0.0632. The highest BCUT2D eigenvalue weighted by Crippen LogP contribution is 2.54. The third-order valence-electron chi connectivity index (χ3n) is 4.94. The molecule has 0 spiro atoms. The molecule has 2 heteroatoms. The zero-order chi connectivity index (χ0) is 18.5. The highest BCUT2D eigenvalue weighted by molar-refractivity contribution is 8.01. The molecule has 0 fully saturated rings. The van der Waals surface area contributed by atoms with E-state index in [1.165, 1.54) is 21.2 Å².